The van der Waals surface area contributed by atoms with Gasteiger partial charge in [-0.25, -0.2) is 0 Å². The first-order chi connectivity index (χ1) is 15.5. The highest BCUT2D eigenvalue weighted by atomic mass is 16.5. The second-order valence-corrected chi connectivity index (χ2v) is 7.06. The number of carbonyl (C=O) groups excluding carboxylic acids is 1. The lowest BCUT2D eigenvalue weighted by Crippen LogP contribution is -2.14. The molecule has 8 heteroatoms. The molecule has 164 valence electrons. The predicted octanol–water partition coefficient (Wildman–Crippen LogP) is 4.42. The van der Waals surface area contributed by atoms with Crippen molar-refractivity contribution in [3.05, 3.63) is 77.8 Å². The van der Waals surface area contributed by atoms with Crippen molar-refractivity contribution in [3.8, 4) is 28.5 Å². The summed E-state index contributed by atoms with van der Waals surface area (Å²) in [6, 6.07) is 14.4. The molecule has 8 nitrogen and oxygen atoms in total. The van der Waals surface area contributed by atoms with E-state index in [0.717, 1.165) is 16.8 Å². The number of furan rings is 1. The van der Waals surface area contributed by atoms with Crippen LogP contribution in [0.1, 0.15) is 27.8 Å². The molecule has 2 aromatic heterocycles. The molecule has 0 radical (unpaired) electrons. The van der Waals surface area contributed by atoms with Gasteiger partial charge in [0.15, 0.2) is 5.76 Å². The lowest BCUT2D eigenvalue weighted by molar-refractivity contribution is 0.0577. The number of carbonyl (C=O) groups is 1. The average Bonchev–Trinajstić information content (AvgIpc) is 3.53. The molecule has 0 amide bonds. The molecule has 0 N–H and O–H groups in total. The first-order valence-electron chi connectivity index (χ1n) is 9.92. The standard InChI is InChI=1S/C24H23N3O5/c1-15-21(29-2)13-17(14-22(15)30-3)19-9-10-20(32-19)23(28)24(31-4)16-5-7-18(8-6-16)27-25-11-12-26-27/h5-14,24H,1-4H3. The van der Waals surface area contributed by atoms with Gasteiger partial charge in [0.05, 0.1) is 32.3 Å². The number of methoxy groups -OCH3 is 3. The molecule has 4 rings (SSSR count). The van der Waals surface area contributed by atoms with Gasteiger partial charge in [-0.2, -0.15) is 15.0 Å². The third-order valence-corrected chi connectivity index (χ3v) is 5.20. The van der Waals surface area contributed by atoms with E-state index >= 15 is 0 Å². The maximum Gasteiger partial charge on any atom is 0.231 e. The Morgan fingerprint density at radius 2 is 1.56 bits per heavy atom. The highest BCUT2D eigenvalue weighted by molar-refractivity contribution is 5.98. The van der Waals surface area contributed by atoms with Crippen LogP contribution in [0.25, 0.3) is 17.0 Å². The molecule has 0 saturated heterocycles. The summed E-state index contributed by atoms with van der Waals surface area (Å²) in [5.41, 5.74) is 3.11. The Hall–Kier alpha value is -3.91. The van der Waals surface area contributed by atoms with Crippen molar-refractivity contribution in [2.24, 2.45) is 0 Å². The Balaban J connectivity index is 1.60. The summed E-state index contributed by atoms with van der Waals surface area (Å²) in [7, 11) is 4.68. The van der Waals surface area contributed by atoms with E-state index in [2.05, 4.69) is 10.2 Å². The maximum absolute atomic E-state index is 13.1. The fourth-order valence-corrected chi connectivity index (χ4v) is 3.51. The molecular formula is C24H23N3O5. The van der Waals surface area contributed by atoms with Gasteiger partial charge in [-0.05, 0) is 48.9 Å². The minimum absolute atomic E-state index is 0.197. The highest BCUT2D eigenvalue weighted by Gasteiger charge is 2.25. The van der Waals surface area contributed by atoms with Crippen molar-refractivity contribution in [2.45, 2.75) is 13.0 Å². The second-order valence-electron chi connectivity index (χ2n) is 7.06. The normalized spacial score (nSPS) is 11.9. The molecule has 1 unspecified atom stereocenters. The molecule has 0 spiro atoms. The fraction of sp³-hybridized carbons (Fsp3) is 0.208. The molecule has 0 aliphatic rings. The van der Waals surface area contributed by atoms with Crippen molar-refractivity contribution < 1.29 is 23.4 Å². The first kappa shape index (κ1) is 21.3. The minimum atomic E-state index is -0.810. The van der Waals surface area contributed by atoms with E-state index in [4.69, 9.17) is 18.6 Å². The molecule has 2 aromatic carbocycles. The van der Waals surface area contributed by atoms with Gasteiger partial charge in [-0.15, -0.1) is 0 Å². The molecule has 4 aromatic rings. The summed E-state index contributed by atoms with van der Waals surface area (Å²) < 4.78 is 22.3. The van der Waals surface area contributed by atoms with Crippen LogP contribution in [0.5, 0.6) is 11.5 Å². The Morgan fingerprint density at radius 1 is 0.938 bits per heavy atom. The highest BCUT2D eigenvalue weighted by Crippen LogP contribution is 2.35. The molecule has 0 saturated carbocycles. The topological polar surface area (TPSA) is 88.6 Å². The average molecular weight is 433 g/mol. The zero-order valence-electron chi connectivity index (χ0n) is 18.2. The molecule has 0 aliphatic heterocycles. The molecule has 0 fully saturated rings. The molecular weight excluding hydrogens is 410 g/mol. The summed E-state index contributed by atoms with van der Waals surface area (Å²) in [5, 5.41) is 8.20. The Morgan fingerprint density at radius 3 is 2.12 bits per heavy atom. The molecule has 32 heavy (non-hydrogen) atoms. The van der Waals surface area contributed by atoms with Gasteiger partial charge in [0.25, 0.3) is 0 Å². The van der Waals surface area contributed by atoms with E-state index in [1.807, 2.05) is 43.3 Å². The zero-order valence-corrected chi connectivity index (χ0v) is 18.2. The van der Waals surface area contributed by atoms with Crippen LogP contribution in [0.2, 0.25) is 0 Å². The lowest BCUT2D eigenvalue weighted by atomic mass is 10.0. The number of benzene rings is 2. The van der Waals surface area contributed by atoms with E-state index in [1.165, 1.54) is 11.9 Å². The third kappa shape index (κ3) is 4.00. The van der Waals surface area contributed by atoms with Crippen LogP contribution in [0.4, 0.5) is 0 Å². The van der Waals surface area contributed by atoms with E-state index < -0.39 is 6.10 Å². The van der Waals surface area contributed by atoms with Gasteiger partial charge in [-0.1, -0.05) is 12.1 Å². The Bertz CT molecular complexity index is 1190. The van der Waals surface area contributed by atoms with Crippen molar-refractivity contribution in [1.82, 2.24) is 15.0 Å². The van der Waals surface area contributed by atoms with Gasteiger partial charge in [0.1, 0.15) is 23.4 Å². The van der Waals surface area contributed by atoms with Crippen molar-refractivity contribution >= 4 is 5.78 Å². The van der Waals surface area contributed by atoms with Gasteiger partial charge in [0, 0.05) is 18.2 Å². The SMILES string of the molecule is COc1cc(-c2ccc(C(=O)C(OC)c3ccc(-n4nccn4)cc3)o2)cc(OC)c1C. The van der Waals surface area contributed by atoms with E-state index in [9.17, 15) is 4.79 Å². The number of hydrogen-bond acceptors (Lipinski definition) is 7. The van der Waals surface area contributed by atoms with Crippen LogP contribution >= 0.6 is 0 Å². The quantitative estimate of drug-likeness (QED) is 0.380. The number of aromatic nitrogens is 3. The minimum Gasteiger partial charge on any atom is -0.496 e. The number of nitrogens with zero attached hydrogens (tertiary/aromatic N) is 3. The van der Waals surface area contributed by atoms with Crippen LogP contribution in [-0.4, -0.2) is 42.1 Å². The smallest absolute Gasteiger partial charge is 0.231 e. The van der Waals surface area contributed by atoms with Crippen molar-refractivity contribution in [2.75, 3.05) is 21.3 Å². The number of Topliss-reactive ketones (excluding diaryl/α,β-unsaturated/α-hetero) is 1. The number of ether oxygens (including phenoxy) is 3. The van der Waals surface area contributed by atoms with E-state index in [0.29, 0.717) is 22.8 Å². The van der Waals surface area contributed by atoms with Crippen LogP contribution in [-0.2, 0) is 4.74 Å². The van der Waals surface area contributed by atoms with Crippen LogP contribution in [0, 0.1) is 6.92 Å². The summed E-state index contributed by atoms with van der Waals surface area (Å²) >= 11 is 0. The summed E-state index contributed by atoms with van der Waals surface area (Å²) in [4.78, 5) is 14.6. The monoisotopic (exact) mass is 433 g/mol. The summed E-state index contributed by atoms with van der Waals surface area (Å²) in [6.45, 7) is 1.91. The maximum atomic E-state index is 13.1. The zero-order chi connectivity index (χ0) is 22.7. The number of hydrogen-bond donors (Lipinski definition) is 0. The lowest BCUT2D eigenvalue weighted by Gasteiger charge is -2.14. The van der Waals surface area contributed by atoms with Gasteiger partial charge < -0.3 is 18.6 Å². The molecule has 2 heterocycles. The van der Waals surface area contributed by atoms with Crippen molar-refractivity contribution in [3.63, 3.8) is 0 Å². The van der Waals surface area contributed by atoms with Crippen LogP contribution in [0.3, 0.4) is 0 Å². The Kier molecular flexibility index (Phi) is 6.04. The van der Waals surface area contributed by atoms with Crippen LogP contribution < -0.4 is 9.47 Å². The number of rotatable bonds is 8. The fourth-order valence-electron chi connectivity index (χ4n) is 3.51. The predicted molar refractivity (Wildman–Crippen MR) is 117 cm³/mol. The first-order valence-corrected chi connectivity index (χ1v) is 9.92. The molecule has 0 aliphatic carbocycles. The summed E-state index contributed by atoms with van der Waals surface area (Å²) in [6.07, 6.45) is 2.39. The largest absolute Gasteiger partial charge is 0.496 e. The van der Waals surface area contributed by atoms with Crippen molar-refractivity contribution in [1.29, 1.82) is 0 Å². The number of ketones is 1. The Labute approximate surface area is 185 Å². The van der Waals surface area contributed by atoms with Crippen LogP contribution in [0.15, 0.2) is 65.3 Å². The molecule has 1 atom stereocenters. The third-order valence-electron chi connectivity index (χ3n) is 5.20. The van der Waals surface area contributed by atoms with Gasteiger partial charge >= 0.3 is 0 Å². The van der Waals surface area contributed by atoms with E-state index in [-0.39, 0.29) is 11.5 Å². The van der Waals surface area contributed by atoms with Gasteiger partial charge in [-0.3, -0.25) is 4.79 Å². The van der Waals surface area contributed by atoms with Gasteiger partial charge in [0.2, 0.25) is 5.78 Å². The molecule has 0 bridgehead atoms. The summed E-state index contributed by atoms with van der Waals surface area (Å²) in [5.74, 6) is 1.79. The second kappa shape index (κ2) is 9.07. The van der Waals surface area contributed by atoms with E-state index in [1.54, 1.807) is 38.7 Å².